The number of hydrazone groups is 1. The number of ether oxygens (including phenoxy) is 1. The van der Waals surface area contributed by atoms with Crippen LogP contribution in [0, 0.1) is 6.92 Å². The number of aryl methyl sites for hydroxylation is 1. The van der Waals surface area contributed by atoms with E-state index in [2.05, 4.69) is 15.1 Å². The van der Waals surface area contributed by atoms with Crippen molar-refractivity contribution in [1.29, 1.82) is 0 Å². The third-order valence-electron chi connectivity index (χ3n) is 5.87. The van der Waals surface area contributed by atoms with Crippen LogP contribution in [0.1, 0.15) is 35.6 Å². The minimum atomic E-state index is -4.13. The lowest BCUT2D eigenvalue weighted by Crippen LogP contribution is -2.49. The number of hydrogen-bond donors (Lipinski definition) is 4. The van der Waals surface area contributed by atoms with Gasteiger partial charge in [0.25, 0.3) is 0 Å². The van der Waals surface area contributed by atoms with E-state index in [4.69, 9.17) is 10.6 Å². The van der Waals surface area contributed by atoms with Crippen molar-refractivity contribution in [2.75, 3.05) is 13.6 Å². The Morgan fingerprint density at radius 3 is 2.55 bits per heavy atom. The van der Waals surface area contributed by atoms with E-state index in [-0.39, 0.29) is 29.8 Å². The number of nitrogens with one attached hydrogen (secondary N) is 2. The number of benzene rings is 2. The largest absolute Gasteiger partial charge is 0.480 e. The summed E-state index contributed by atoms with van der Waals surface area (Å²) >= 11 is 0. The van der Waals surface area contributed by atoms with Crippen LogP contribution in [0.5, 0.6) is 0 Å². The third kappa shape index (κ3) is 7.91. The molecule has 12 nitrogen and oxygen atoms in total. The third-order valence-corrected chi connectivity index (χ3v) is 7.34. The number of hydrogen-bond acceptors (Lipinski definition) is 8. The molecule has 0 unspecified atom stereocenters. The second-order valence-corrected chi connectivity index (χ2v) is 10.4. The van der Waals surface area contributed by atoms with Crippen molar-refractivity contribution < 1.29 is 32.6 Å². The van der Waals surface area contributed by atoms with E-state index in [0.29, 0.717) is 12.0 Å². The molecule has 3 rings (SSSR count). The minimum absolute atomic E-state index is 0. The summed E-state index contributed by atoms with van der Waals surface area (Å²) in [5, 5.41) is 15.4. The van der Waals surface area contributed by atoms with Gasteiger partial charge in [0.15, 0.2) is 0 Å². The molecule has 0 saturated carbocycles. The fourth-order valence-corrected chi connectivity index (χ4v) is 5.19. The lowest BCUT2D eigenvalue weighted by Gasteiger charge is -2.36. The number of nitrogens with two attached hydrogens (primary N) is 1. The number of halogens is 1. The molecule has 0 spiro atoms. The quantitative estimate of drug-likeness (QED) is 0.189. The average Bonchev–Trinajstić information content (AvgIpc) is 2.84. The summed E-state index contributed by atoms with van der Waals surface area (Å²) in [4.78, 5) is 37.9. The van der Waals surface area contributed by atoms with Crippen LogP contribution in [0.3, 0.4) is 0 Å². The Morgan fingerprint density at radius 1 is 1.26 bits per heavy atom. The minimum Gasteiger partial charge on any atom is -0.480 e. The van der Waals surface area contributed by atoms with Crippen LogP contribution in [0.15, 0.2) is 58.5 Å². The number of nitrogens with zero attached hydrogens (tertiary/aromatic N) is 2. The fourth-order valence-electron chi connectivity index (χ4n) is 3.90. The van der Waals surface area contributed by atoms with E-state index in [1.54, 1.807) is 38.2 Å². The number of cyclic esters (lactones) is 1. The van der Waals surface area contributed by atoms with E-state index in [9.17, 15) is 27.9 Å². The van der Waals surface area contributed by atoms with Gasteiger partial charge >= 0.3 is 12.1 Å². The molecule has 206 valence electrons. The number of aliphatic carboxylic acids is 1. The van der Waals surface area contributed by atoms with Crippen molar-refractivity contribution in [3.63, 3.8) is 0 Å². The predicted molar refractivity (Wildman–Crippen MR) is 141 cm³/mol. The Bertz CT molecular complexity index is 1290. The SMILES string of the molecule is Cc1cccc(S(=O)(=O)N[C@@H](CNC(=O)C[C@@H]2C[C@H](c3ccc(C=NN)cc3)N(C)C(=O)O2)C(=O)O)c1.Cl. The van der Waals surface area contributed by atoms with E-state index >= 15 is 0 Å². The number of carboxylic acid groups (broad SMARTS) is 1. The molecule has 1 aliphatic heterocycles. The van der Waals surface area contributed by atoms with Crippen molar-refractivity contribution >= 4 is 46.6 Å². The van der Waals surface area contributed by atoms with Gasteiger partial charge in [0.05, 0.1) is 23.6 Å². The van der Waals surface area contributed by atoms with Gasteiger partial charge in [-0.05, 0) is 35.7 Å². The molecule has 2 aromatic rings. The average molecular weight is 568 g/mol. The van der Waals surface area contributed by atoms with E-state index in [0.717, 1.165) is 11.1 Å². The lowest BCUT2D eigenvalue weighted by atomic mass is 9.96. The van der Waals surface area contributed by atoms with Crippen LogP contribution in [0.4, 0.5) is 4.79 Å². The first-order valence-electron chi connectivity index (χ1n) is 11.4. The molecule has 2 amide bonds. The maximum Gasteiger partial charge on any atom is 0.410 e. The van der Waals surface area contributed by atoms with Crippen LogP contribution in [0.2, 0.25) is 0 Å². The first kappa shape index (κ1) is 30.5. The number of rotatable bonds is 10. The second kappa shape index (κ2) is 13.2. The van der Waals surface area contributed by atoms with Crippen LogP contribution < -0.4 is 15.9 Å². The topological polar surface area (TPSA) is 180 Å². The van der Waals surface area contributed by atoms with Gasteiger partial charge in [0.2, 0.25) is 15.9 Å². The number of carbonyl (C=O) groups excluding carboxylic acids is 2. The van der Waals surface area contributed by atoms with Gasteiger partial charge in [0, 0.05) is 20.0 Å². The summed E-state index contributed by atoms with van der Waals surface area (Å²) in [6.07, 6.45) is 0.233. The number of carbonyl (C=O) groups is 3. The Hall–Kier alpha value is -3.68. The summed E-state index contributed by atoms with van der Waals surface area (Å²) in [7, 11) is -2.54. The number of sulfonamides is 1. The molecule has 5 N–H and O–H groups in total. The smallest absolute Gasteiger partial charge is 0.410 e. The first-order valence-corrected chi connectivity index (χ1v) is 12.8. The molecular formula is C24H30ClN5O7S. The summed E-state index contributed by atoms with van der Waals surface area (Å²) < 4.78 is 32.6. The van der Waals surface area contributed by atoms with Crippen molar-refractivity contribution in [3.05, 3.63) is 65.2 Å². The Kier molecular flexibility index (Phi) is 10.6. The van der Waals surface area contributed by atoms with Crippen LogP contribution in [-0.4, -0.2) is 68.3 Å². The molecule has 0 bridgehead atoms. The van der Waals surface area contributed by atoms with E-state index < -0.39 is 46.7 Å². The second-order valence-electron chi connectivity index (χ2n) is 8.65. The monoisotopic (exact) mass is 567 g/mol. The maximum atomic E-state index is 12.6. The maximum absolute atomic E-state index is 12.6. The van der Waals surface area contributed by atoms with Gasteiger partial charge in [-0.3, -0.25) is 9.59 Å². The highest BCUT2D eigenvalue weighted by molar-refractivity contribution is 7.89. The normalized spacial score (nSPS) is 18.4. The molecule has 14 heteroatoms. The molecule has 3 atom stereocenters. The van der Waals surface area contributed by atoms with Crippen LogP contribution in [-0.2, 0) is 24.3 Å². The molecule has 0 aromatic heterocycles. The highest BCUT2D eigenvalue weighted by Crippen LogP contribution is 2.31. The highest BCUT2D eigenvalue weighted by Gasteiger charge is 2.35. The van der Waals surface area contributed by atoms with Crippen molar-refractivity contribution in [2.45, 2.75) is 42.8 Å². The van der Waals surface area contributed by atoms with E-state index in [1.807, 2.05) is 12.1 Å². The number of amides is 2. The summed E-state index contributed by atoms with van der Waals surface area (Å²) in [6, 6.07) is 11.3. The zero-order valence-electron chi connectivity index (χ0n) is 20.7. The van der Waals surface area contributed by atoms with Gasteiger partial charge in [-0.15, -0.1) is 12.4 Å². The summed E-state index contributed by atoms with van der Waals surface area (Å²) in [5.41, 5.74) is 2.30. The molecule has 38 heavy (non-hydrogen) atoms. The number of carboxylic acids is 1. The molecule has 1 heterocycles. The standard InChI is InChI=1S/C24H29N5O7S.ClH/c1-15-4-3-5-19(10-15)37(34,35)28-20(23(31)32)14-26-22(30)12-18-11-21(29(2)24(33)36-18)17-8-6-16(7-9-17)13-27-25;/h3-10,13,18,20-21,28H,11-12,14,25H2,1-2H3,(H,26,30)(H,31,32);1H/t18-,20-,21+;/m0./s1. The molecule has 0 aliphatic carbocycles. The van der Waals surface area contributed by atoms with Crippen LogP contribution in [0.25, 0.3) is 0 Å². The molecule has 1 fully saturated rings. The van der Waals surface area contributed by atoms with Gasteiger partial charge in [-0.2, -0.15) is 9.82 Å². The lowest BCUT2D eigenvalue weighted by molar-refractivity contribution is -0.138. The fraction of sp³-hybridized carbons (Fsp3) is 0.333. The highest BCUT2D eigenvalue weighted by atomic mass is 35.5. The first-order chi connectivity index (χ1) is 17.5. The zero-order chi connectivity index (χ0) is 27.2. The van der Waals surface area contributed by atoms with Gasteiger partial charge in [-0.25, -0.2) is 13.2 Å². The summed E-state index contributed by atoms with van der Waals surface area (Å²) in [5.74, 6) is 3.12. The van der Waals surface area contributed by atoms with Gasteiger partial charge in [0.1, 0.15) is 12.1 Å². The molecular weight excluding hydrogens is 538 g/mol. The zero-order valence-corrected chi connectivity index (χ0v) is 22.4. The molecule has 2 aromatic carbocycles. The predicted octanol–water partition coefficient (Wildman–Crippen LogP) is 1.53. The van der Waals surface area contributed by atoms with Crippen LogP contribution >= 0.6 is 12.4 Å². The van der Waals surface area contributed by atoms with Crippen molar-refractivity contribution in [2.24, 2.45) is 10.9 Å². The van der Waals surface area contributed by atoms with Crippen molar-refractivity contribution in [3.8, 4) is 0 Å². The van der Waals surface area contributed by atoms with E-state index in [1.165, 1.54) is 23.2 Å². The molecule has 1 aliphatic rings. The Morgan fingerprint density at radius 2 is 1.95 bits per heavy atom. The Labute approximate surface area is 226 Å². The Balaban J connectivity index is 0.00000507. The van der Waals surface area contributed by atoms with Gasteiger partial charge in [-0.1, -0.05) is 36.4 Å². The van der Waals surface area contributed by atoms with Gasteiger partial charge < -0.3 is 25.9 Å². The molecule has 0 radical (unpaired) electrons. The van der Waals surface area contributed by atoms with Crippen molar-refractivity contribution in [1.82, 2.24) is 14.9 Å². The molecule has 1 saturated heterocycles. The summed E-state index contributed by atoms with van der Waals surface area (Å²) in [6.45, 7) is 1.22.